The van der Waals surface area contributed by atoms with Gasteiger partial charge >= 0.3 is 12.1 Å². The smallest absolute Gasteiger partial charge is 0.401 e. The fraction of sp³-hybridized carbons (Fsp3) is 0.867. The maximum atomic E-state index is 12.6. The first kappa shape index (κ1) is 21.9. The second-order valence-corrected chi connectivity index (χ2v) is 7.74. The molecule has 0 heterocycles. The molecule has 0 amide bonds. The van der Waals surface area contributed by atoms with E-state index in [1.807, 2.05) is 0 Å². The van der Waals surface area contributed by atoms with Gasteiger partial charge in [-0.2, -0.15) is 13.2 Å². The third kappa shape index (κ3) is 10.3. The Morgan fingerprint density at radius 2 is 1.57 bits per heavy atom. The number of carboxylic acids is 1. The fourth-order valence-electron chi connectivity index (χ4n) is 2.13. The molecule has 1 atom stereocenters. The quantitative estimate of drug-likeness (QED) is 0.744. The molecule has 0 radical (unpaired) electrons. The number of carbonyl (C=O) groups excluding carboxylic acids is 1. The van der Waals surface area contributed by atoms with Crippen LogP contribution < -0.4 is 5.32 Å². The lowest BCUT2D eigenvalue weighted by molar-refractivity contribution is -0.156. The molecule has 136 valence electrons. The van der Waals surface area contributed by atoms with Gasteiger partial charge in [0.05, 0.1) is 19.1 Å². The zero-order valence-corrected chi connectivity index (χ0v) is 14.5. The highest BCUT2D eigenvalue weighted by molar-refractivity contribution is 5.89. The standard InChI is InChI=1S/C15H27F3N2O3/c1-13(2,3)12(23)10(19-14(4,5)6)7-20(8-11(21)22)9-15(16,17)18/h10,19H,7-9H2,1-6H3,(H,21,22)/t10-/m0/s1. The zero-order chi connectivity index (χ0) is 18.6. The van der Waals surface area contributed by atoms with Crippen molar-refractivity contribution in [3.8, 4) is 0 Å². The maximum Gasteiger partial charge on any atom is 0.401 e. The second kappa shape index (κ2) is 7.61. The Morgan fingerprint density at radius 1 is 1.09 bits per heavy atom. The van der Waals surface area contributed by atoms with Gasteiger partial charge in [-0.05, 0) is 20.8 Å². The number of carbonyl (C=O) groups is 2. The molecule has 0 aromatic heterocycles. The first-order valence-electron chi connectivity index (χ1n) is 7.34. The molecule has 2 N–H and O–H groups in total. The van der Waals surface area contributed by atoms with Crippen molar-refractivity contribution in [1.82, 2.24) is 10.2 Å². The van der Waals surface area contributed by atoms with Gasteiger partial charge in [0.25, 0.3) is 0 Å². The van der Waals surface area contributed by atoms with E-state index >= 15 is 0 Å². The average Bonchev–Trinajstić information content (AvgIpc) is 2.20. The van der Waals surface area contributed by atoms with Crippen LogP contribution in [0.1, 0.15) is 41.5 Å². The molecule has 0 saturated carbocycles. The SMILES string of the molecule is CC(C)(C)N[C@@H](CN(CC(=O)O)CC(F)(F)F)C(=O)C(C)(C)C. The van der Waals surface area contributed by atoms with Crippen molar-refractivity contribution in [3.63, 3.8) is 0 Å². The van der Waals surface area contributed by atoms with Crippen LogP contribution in [0.25, 0.3) is 0 Å². The predicted molar refractivity (Wildman–Crippen MR) is 81.3 cm³/mol. The van der Waals surface area contributed by atoms with Crippen molar-refractivity contribution in [2.45, 2.75) is 59.3 Å². The van der Waals surface area contributed by atoms with Gasteiger partial charge in [0.2, 0.25) is 0 Å². The molecule has 0 aliphatic carbocycles. The first-order valence-corrected chi connectivity index (χ1v) is 7.34. The van der Waals surface area contributed by atoms with E-state index in [4.69, 9.17) is 5.11 Å². The largest absolute Gasteiger partial charge is 0.480 e. The van der Waals surface area contributed by atoms with Gasteiger partial charge in [-0.15, -0.1) is 0 Å². The van der Waals surface area contributed by atoms with Crippen LogP contribution in [0, 0.1) is 5.41 Å². The van der Waals surface area contributed by atoms with E-state index in [0.717, 1.165) is 4.90 Å². The number of rotatable bonds is 7. The summed E-state index contributed by atoms with van der Waals surface area (Å²) in [5.41, 5.74) is -1.26. The molecule has 0 aliphatic heterocycles. The molecular formula is C15H27F3N2O3. The summed E-state index contributed by atoms with van der Waals surface area (Å²) < 4.78 is 37.9. The van der Waals surface area contributed by atoms with E-state index in [1.54, 1.807) is 41.5 Å². The number of nitrogens with one attached hydrogen (secondary N) is 1. The Morgan fingerprint density at radius 3 is 1.87 bits per heavy atom. The summed E-state index contributed by atoms with van der Waals surface area (Å²) in [7, 11) is 0. The summed E-state index contributed by atoms with van der Waals surface area (Å²) in [5.74, 6) is -1.63. The minimum atomic E-state index is -4.54. The molecule has 0 rings (SSSR count). The van der Waals surface area contributed by atoms with Gasteiger partial charge < -0.3 is 10.4 Å². The third-order valence-electron chi connectivity index (χ3n) is 2.87. The number of ketones is 1. The number of nitrogens with zero attached hydrogens (tertiary/aromatic N) is 1. The van der Waals surface area contributed by atoms with E-state index in [1.165, 1.54) is 0 Å². The summed E-state index contributed by atoms with van der Waals surface area (Å²) in [6.45, 7) is 7.94. The topological polar surface area (TPSA) is 69.6 Å². The number of Topliss-reactive ketones (excluding diaryl/α,β-unsaturated/α-hetero) is 1. The van der Waals surface area contributed by atoms with Crippen LogP contribution in [-0.2, 0) is 9.59 Å². The van der Waals surface area contributed by atoms with Crippen molar-refractivity contribution < 1.29 is 27.9 Å². The molecule has 0 bridgehead atoms. The van der Waals surface area contributed by atoms with Crippen LogP contribution in [0.3, 0.4) is 0 Å². The second-order valence-electron chi connectivity index (χ2n) is 7.74. The molecule has 0 saturated heterocycles. The van der Waals surface area contributed by atoms with Gasteiger partial charge in [-0.25, -0.2) is 0 Å². The Labute approximate surface area is 135 Å². The highest BCUT2D eigenvalue weighted by atomic mass is 19.4. The minimum absolute atomic E-state index is 0.259. The lowest BCUT2D eigenvalue weighted by atomic mass is 9.85. The van der Waals surface area contributed by atoms with Gasteiger partial charge in [0.1, 0.15) is 0 Å². The molecule has 0 aromatic rings. The Balaban J connectivity index is 5.34. The van der Waals surface area contributed by atoms with E-state index in [0.29, 0.717) is 0 Å². The summed E-state index contributed by atoms with van der Waals surface area (Å²) >= 11 is 0. The molecule has 5 nitrogen and oxygen atoms in total. The van der Waals surface area contributed by atoms with Crippen LogP contribution in [0.2, 0.25) is 0 Å². The van der Waals surface area contributed by atoms with Crippen LogP contribution in [0.4, 0.5) is 13.2 Å². The van der Waals surface area contributed by atoms with Crippen LogP contribution in [0.15, 0.2) is 0 Å². The molecule has 0 fully saturated rings. The summed E-state index contributed by atoms with van der Waals surface area (Å²) in [6, 6.07) is -0.892. The summed E-state index contributed by atoms with van der Waals surface area (Å²) in [4.78, 5) is 24.1. The molecule has 0 unspecified atom stereocenters. The number of carboxylic acid groups (broad SMARTS) is 1. The minimum Gasteiger partial charge on any atom is -0.480 e. The molecule has 8 heteroatoms. The molecule has 23 heavy (non-hydrogen) atoms. The van der Waals surface area contributed by atoms with Crippen LogP contribution in [0.5, 0.6) is 0 Å². The van der Waals surface area contributed by atoms with E-state index in [-0.39, 0.29) is 12.3 Å². The molecular weight excluding hydrogens is 313 g/mol. The zero-order valence-electron chi connectivity index (χ0n) is 14.5. The van der Waals surface area contributed by atoms with Crippen molar-refractivity contribution in [2.75, 3.05) is 19.6 Å². The molecule has 0 aromatic carbocycles. The highest BCUT2D eigenvalue weighted by Gasteiger charge is 2.37. The molecule has 0 aliphatic rings. The summed E-state index contributed by atoms with van der Waals surface area (Å²) in [5, 5.41) is 11.8. The Hall–Kier alpha value is -1.15. The van der Waals surface area contributed by atoms with Crippen molar-refractivity contribution in [1.29, 1.82) is 0 Å². The van der Waals surface area contributed by atoms with E-state index < -0.39 is 42.2 Å². The summed E-state index contributed by atoms with van der Waals surface area (Å²) in [6.07, 6.45) is -4.54. The third-order valence-corrected chi connectivity index (χ3v) is 2.87. The van der Waals surface area contributed by atoms with E-state index in [9.17, 15) is 22.8 Å². The number of alkyl halides is 3. The lowest BCUT2D eigenvalue weighted by Crippen LogP contribution is -2.57. The van der Waals surface area contributed by atoms with Crippen LogP contribution >= 0.6 is 0 Å². The number of halogens is 3. The Bertz CT molecular complexity index is 423. The van der Waals surface area contributed by atoms with Crippen molar-refractivity contribution in [2.24, 2.45) is 5.41 Å². The van der Waals surface area contributed by atoms with Gasteiger partial charge in [0.15, 0.2) is 5.78 Å². The van der Waals surface area contributed by atoms with E-state index in [2.05, 4.69) is 5.32 Å². The Kier molecular flexibility index (Phi) is 7.23. The maximum absolute atomic E-state index is 12.6. The van der Waals surface area contributed by atoms with Gasteiger partial charge in [0, 0.05) is 17.5 Å². The van der Waals surface area contributed by atoms with Crippen molar-refractivity contribution >= 4 is 11.8 Å². The monoisotopic (exact) mass is 340 g/mol. The van der Waals surface area contributed by atoms with Gasteiger partial charge in [-0.1, -0.05) is 20.8 Å². The fourth-order valence-corrected chi connectivity index (χ4v) is 2.13. The first-order chi connectivity index (χ1) is 10.0. The highest BCUT2D eigenvalue weighted by Crippen LogP contribution is 2.21. The average molecular weight is 340 g/mol. The van der Waals surface area contributed by atoms with Gasteiger partial charge in [-0.3, -0.25) is 14.5 Å². The predicted octanol–water partition coefficient (Wildman–Crippen LogP) is 2.31. The van der Waals surface area contributed by atoms with Crippen molar-refractivity contribution in [3.05, 3.63) is 0 Å². The number of aliphatic carboxylic acids is 1. The van der Waals surface area contributed by atoms with Crippen LogP contribution in [-0.4, -0.2) is 59.2 Å². The molecule has 0 spiro atoms. The normalized spacial score (nSPS) is 14.9. The lowest BCUT2D eigenvalue weighted by Gasteiger charge is -2.35. The number of hydrogen-bond acceptors (Lipinski definition) is 4. The number of hydrogen-bond donors (Lipinski definition) is 2.